The lowest BCUT2D eigenvalue weighted by Gasteiger charge is -2.14. The average Bonchev–Trinajstić information content (AvgIpc) is 2.67. The molecule has 0 N–H and O–H groups in total. The number of halogens is 2. The normalized spacial score (nSPS) is 12.2. The van der Waals surface area contributed by atoms with Crippen molar-refractivity contribution in [2.45, 2.75) is 46.0 Å². The van der Waals surface area contributed by atoms with E-state index in [2.05, 4.69) is 13.8 Å². The molecule has 6 heteroatoms. The number of rotatable bonds is 11. The van der Waals surface area contributed by atoms with Gasteiger partial charge in [0.15, 0.2) is 6.79 Å². The predicted molar refractivity (Wildman–Crippen MR) is 109 cm³/mol. The third-order valence-corrected chi connectivity index (χ3v) is 5.08. The van der Waals surface area contributed by atoms with Crippen molar-refractivity contribution < 1.29 is 23.4 Å². The maximum absolute atomic E-state index is 14.4. The summed E-state index contributed by atoms with van der Waals surface area (Å²) in [7, 11) is 1.53. The summed E-state index contributed by atoms with van der Waals surface area (Å²) in [6, 6.07) is 6.47. The Morgan fingerprint density at radius 2 is 2.04 bits per heavy atom. The second kappa shape index (κ2) is 11.2. The third-order valence-electron chi connectivity index (χ3n) is 4.78. The van der Waals surface area contributed by atoms with Gasteiger partial charge in [-0.3, -0.25) is 4.79 Å². The molecule has 0 amide bonds. The van der Waals surface area contributed by atoms with Crippen LogP contribution < -0.4 is 4.74 Å². The van der Waals surface area contributed by atoms with Crippen molar-refractivity contribution in [3.8, 4) is 5.75 Å². The Labute approximate surface area is 170 Å². The van der Waals surface area contributed by atoms with Crippen LogP contribution in [0.4, 0.5) is 4.39 Å². The highest BCUT2D eigenvalue weighted by Gasteiger charge is 2.15. The van der Waals surface area contributed by atoms with Crippen LogP contribution in [0.15, 0.2) is 24.3 Å². The largest absolute Gasteiger partial charge is 0.467 e. The predicted octanol–water partition coefficient (Wildman–Crippen LogP) is 5.92. The van der Waals surface area contributed by atoms with E-state index in [4.69, 9.17) is 25.8 Å². The lowest BCUT2D eigenvalue weighted by atomic mass is 9.97. The van der Waals surface area contributed by atoms with Gasteiger partial charge in [-0.2, -0.15) is 0 Å². The Morgan fingerprint density at radius 1 is 1.25 bits per heavy atom. The number of methoxy groups -OCH3 is 1. The number of benzene rings is 2. The average molecular weight is 411 g/mol. The minimum absolute atomic E-state index is 0.0998. The zero-order valence-corrected chi connectivity index (χ0v) is 17.5. The van der Waals surface area contributed by atoms with Gasteiger partial charge in [-0.15, -0.1) is 0 Å². The topological polar surface area (TPSA) is 44.8 Å². The first-order valence-electron chi connectivity index (χ1n) is 9.68. The number of carbonyl (C=O) groups is 1. The van der Waals surface area contributed by atoms with E-state index in [1.165, 1.54) is 13.2 Å². The summed E-state index contributed by atoms with van der Waals surface area (Å²) >= 11 is 6.39. The molecule has 0 saturated carbocycles. The summed E-state index contributed by atoms with van der Waals surface area (Å²) in [5, 5.41) is 1.76. The molecule has 154 valence electrons. The summed E-state index contributed by atoms with van der Waals surface area (Å²) < 4.78 is 30.1. The van der Waals surface area contributed by atoms with Gasteiger partial charge in [-0.25, -0.2) is 4.39 Å². The third kappa shape index (κ3) is 6.08. The van der Waals surface area contributed by atoms with Crippen LogP contribution in [-0.2, 0) is 20.7 Å². The van der Waals surface area contributed by atoms with Gasteiger partial charge >= 0.3 is 5.97 Å². The van der Waals surface area contributed by atoms with E-state index in [0.29, 0.717) is 34.1 Å². The van der Waals surface area contributed by atoms with Crippen LogP contribution in [0.2, 0.25) is 5.02 Å². The molecule has 0 aliphatic rings. The van der Waals surface area contributed by atoms with E-state index in [0.717, 1.165) is 24.6 Å². The van der Waals surface area contributed by atoms with E-state index >= 15 is 0 Å². The molecule has 0 heterocycles. The molecule has 2 rings (SSSR count). The van der Waals surface area contributed by atoms with E-state index in [9.17, 15) is 9.18 Å². The van der Waals surface area contributed by atoms with Crippen LogP contribution in [0, 0.1) is 11.7 Å². The van der Waals surface area contributed by atoms with Gasteiger partial charge in [0.25, 0.3) is 0 Å². The van der Waals surface area contributed by atoms with Crippen molar-refractivity contribution in [3.63, 3.8) is 0 Å². The molecule has 0 bridgehead atoms. The molecular weight excluding hydrogens is 383 g/mol. The van der Waals surface area contributed by atoms with Crippen molar-refractivity contribution in [1.29, 1.82) is 0 Å². The Bertz CT molecular complexity index is 794. The highest BCUT2D eigenvalue weighted by Crippen LogP contribution is 2.33. The lowest BCUT2D eigenvalue weighted by Crippen LogP contribution is -2.13. The van der Waals surface area contributed by atoms with Crippen LogP contribution in [0.3, 0.4) is 0 Å². The molecule has 2 aromatic carbocycles. The van der Waals surface area contributed by atoms with Crippen LogP contribution in [0.1, 0.15) is 45.1 Å². The van der Waals surface area contributed by atoms with Crippen molar-refractivity contribution in [1.82, 2.24) is 0 Å². The van der Waals surface area contributed by atoms with E-state index in [-0.39, 0.29) is 31.6 Å². The van der Waals surface area contributed by atoms with Crippen molar-refractivity contribution >= 4 is 28.3 Å². The summed E-state index contributed by atoms with van der Waals surface area (Å²) in [5.74, 6) is 0.285. The Balaban J connectivity index is 2.09. The number of carbonyl (C=O) groups excluding carboxylic acids is 1. The summed E-state index contributed by atoms with van der Waals surface area (Å²) in [4.78, 5) is 12.1. The number of ether oxygens (including phenoxy) is 3. The standard InChI is InChI=1S/C22H28ClFO4/c1-4-6-15(5-2)11-21(25)27-10-9-18-20(24)8-7-16-12-17(28-14-26-3)13-19(23)22(16)18/h7-8,12-13,15H,4-6,9-11,14H2,1-3H3. The zero-order chi connectivity index (χ0) is 20.5. The molecule has 2 aromatic rings. The Morgan fingerprint density at radius 3 is 2.71 bits per heavy atom. The Hall–Kier alpha value is -1.85. The number of hydrogen-bond donors (Lipinski definition) is 0. The fraction of sp³-hybridized carbons (Fsp3) is 0.500. The van der Waals surface area contributed by atoms with Crippen molar-refractivity contribution in [2.75, 3.05) is 20.5 Å². The molecule has 28 heavy (non-hydrogen) atoms. The van der Waals surface area contributed by atoms with Gasteiger partial charge in [0.05, 0.1) is 11.6 Å². The molecule has 0 aliphatic carbocycles. The minimum atomic E-state index is -0.367. The number of esters is 1. The monoisotopic (exact) mass is 410 g/mol. The van der Waals surface area contributed by atoms with E-state index in [1.54, 1.807) is 18.2 Å². The summed E-state index contributed by atoms with van der Waals surface area (Å²) in [6.45, 7) is 4.40. The van der Waals surface area contributed by atoms with Crippen LogP contribution in [-0.4, -0.2) is 26.5 Å². The molecule has 0 spiro atoms. The first kappa shape index (κ1) is 22.4. The number of hydrogen-bond acceptors (Lipinski definition) is 4. The summed E-state index contributed by atoms with van der Waals surface area (Å²) in [5.41, 5.74) is 0.439. The lowest BCUT2D eigenvalue weighted by molar-refractivity contribution is -0.144. The second-order valence-electron chi connectivity index (χ2n) is 6.82. The molecule has 4 nitrogen and oxygen atoms in total. The molecule has 0 radical (unpaired) electrons. The van der Waals surface area contributed by atoms with Gasteiger partial charge in [-0.05, 0) is 29.5 Å². The maximum atomic E-state index is 14.4. The van der Waals surface area contributed by atoms with Gasteiger partial charge in [0.1, 0.15) is 11.6 Å². The van der Waals surface area contributed by atoms with E-state index < -0.39 is 0 Å². The highest BCUT2D eigenvalue weighted by molar-refractivity contribution is 6.36. The molecular formula is C22H28ClFO4. The first-order valence-corrected chi connectivity index (χ1v) is 10.1. The molecule has 0 saturated heterocycles. The van der Waals surface area contributed by atoms with Gasteiger partial charge in [0, 0.05) is 30.9 Å². The highest BCUT2D eigenvalue weighted by atomic mass is 35.5. The summed E-state index contributed by atoms with van der Waals surface area (Å²) in [6.07, 6.45) is 3.67. The Kier molecular flexibility index (Phi) is 9.00. The quantitative estimate of drug-likeness (QED) is 0.341. The van der Waals surface area contributed by atoms with Gasteiger partial charge < -0.3 is 14.2 Å². The van der Waals surface area contributed by atoms with Crippen molar-refractivity contribution in [3.05, 3.63) is 40.7 Å². The molecule has 1 atom stereocenters. The van der Waals surface area contributed by atoms with Crippen LogP contribution in [0.5, 0.6) is 5.75 Å². The SMILES string of the molecule is CCCC(CC)CC(=O)OCCc1c(F)ccc2cc(OCOC)cc(Cl)c12. The van der Waals surface area contributed by atoms with Crippen LogP contribution >= 0.6 is 11.6 Å². The van der Waals surface area contributed by atoms with Crippen molar-refractivity contribution in [2.24, 2.45) is 5.92 Å². The van der Waals surface area contributed by atoms with Crippen LogP contribution in [0.25, 0.3) is 10.8 Å². The van der Waals surface area contributed by atoms with Gasteiger partial charge in [0.2, 0.25) is 0 Å². The molecule has 0 aliphatic heterocycles. The smallest absolute Gasteiger partial charge is 0.306 e. The number of fused-ring (bicyclic) bond motifs is 1. The van der Waals surface area contributed by atoms with E-state index in [1.807, 2.05) is 0 Å². The van der Waals surface area contributed by atoms with Gasteiger partial charge in [-0.1, -0.05) is 50.8 Å². The second-order valence-corrected chi connectivity index (χ2v) is 7.22. The fourth-order valence-corrected chi connectivity index (χ4v) is 3.64. The zero-order valence-electron chi connectivity index (χ0n) is 16.7. The maximum Gasteiger partial charge on any atom is 0.306 e. The first-order chi connectivity index (χ1) is 13.5. The minimum Gasteiger partial charge on any atom is -0.467 e. The molecule has 1 unspecified atom stereocenters. The molecule has 0 aromatic heterocycles. The molecule has 0 fully saturated rings. The fourth-order valence-electron chi connectivity index (χ4n) is 3.31.